The van der Waals surface area contributed by atoms with Gasteiger partial charge >= 0.3 is 5.97 Å². The first-order valence-electron chi connectivity index (χ1n) is 12.7. The van der Waals surface area contributed by atoms with E-state index in [-0.39, 0.29) is 12.3 Å². The van der Waals surface area contributed by atoms with Crippen LogP contribution in [0.4, 0.5) is 0 Å². The molecule has 1 N–H and O–H groups in total. The lowest BCUT2D eigenvalue weighted by atomic mass is 9.82. The number of carbonyl (C=O) groups is 2. The predicted molar refractivity (Wildman–Crippen MR) is 147 cm³/mol. The molecule has 0 aliphatic carbocycles. The quantitative estimate of drug-likeness (QED) is 0.336. The standard InChI is InChI=1S/C29H29ClN4O5/c1-4-39-19-8-9-22(24(30)14-19)29(37)34-11-10-20-17(16-34)6-5-7-21(20)23(15-27(35)36)18-12-25-28(26(13-18)38-3)33(2)32-31-25/h5-9,12-14,23H,4,10-11,15-16H2,1-3H3,(H,35,36). The van der Waals surface area contributed by atoms with Crippen LogP contribution in [0.2, 0.25) is 5.02 Å². The molecule has 9 nitrogen and oxygen atoms in total. The fourth-order valence-corrected chi connectivity index (χ4v) is 5.60. The van der Waals surface area contributed by atoms with Crippen LogP contribution in [-0.4, -0.2) is 57.1 Å². The Morgan fingerprint density at radius 2 is 2.00 bits per heavy atom. The number of aryl methyl sites for hydroxylation is 1. The van der Waals surface area contributed by atoms with Crippen molar-refractivity contribution < 1.29 is 24.2 Å². The van der Waals surface area contributed by atoms with Crippen molar-refractivity contribution in [3.8, 4) is 11.5 Å². The highest BCUT2D eigenvalue weighted by atomic mass is 35.5. The van der Waals surface area contributed by atoms with E-state index in [4.69, 9.17) is 21.1 Å². The van der Waals surface area contributed by atoms with Crippen LogP contribution in [0.5, 0.6) is 11.5 Å². The third kappa shape index (κ3) is 5.14. The van der Waals surface area contributed by atoms with Crippen molar-refractivity contribution >= 4 is 34.5 Å². The maximum atomic E-state index is 13.4. The molecule has 1 atom stereocenters. The minimum Gasteiger partial charge on any atom is -0.494 e. The van der Waals surface area contributed by atoms with Gasteiger partial charge in [0.1, 0.15) is 22.5 Å². The monoisotopic (exact) mass is 548 g/mol. The van der Waals surface area contributed by atoms with Crippen molar-refractivity contribution in [2.75, 3.05) is 20.3 Å². The van der Waals surface area contributed by atoms with Crippen LogP contribution in [-0.2, 0) is 24.8 Å². The molecule has 202 valence electrons. The summed E-state index contributed by atoms with van der Waals surface area (Å²) in [5, 5.41) is 18.5. The molecule has 4 aromatic rings. The number of carboxylic acids is 1. The molecule has 1 aliphatic heterocycles. The highest BCUT2D eigenvalue weighted by molar-refractivity contribution is 6.34. The molecule has 0 spiro atoms. The molecule has 0 radical (unpaired) electrons. The van der Waals surface area contributed by atoms with E-state index in [0.29, 0.717) is 53.7 Å². The number of benzene rings is 3. The van der Waals surface area contributed by atoms with Crippen LogP contribution in [0.1, 0.15) is 51.9 Å². The molecule has 0 saturated heterocycles. The first-order chi connectivity index (χ1) is 18.8. The average molecular weight is 549 g/mol. The zero-order chi connectivity index (χ0) is 27.7. The second-order valence-electron chi connectivity index (χ2n) is 9.49. The Bertz CT molecular complexity index is 1570. The van der Waals surface area contributed by atoms with Crippen LogP contribution in [0.25, 0.3) is 11.0 Å². The van der Waals surface area contributed by atoms with E-state index in [1.54, 1.807) is 41.9 Å². The smallest absolute Gasteiger partial charge is 0.304 e. The number of ether oxygens (including phenoxy) is 2. The van der Waals surface area contributed by atoms with Gasteiger partial charge in [-0.3, -0.25) is 9.59 Å². The summed E-state index contributed by atoms with van der Waals surface area (Å²) in [5.74, 6) is -0.291. The first kappa shape index (κ1) is 26.5. The van der Waals surface area contributed by atoms with Gasteiger partial charge in [-0.2, -0.15) is 0 Å². The molecule has 10 heteroatoms. The lowest BCUT2D eigenvalue weighted by molar-refractivity contribution is -0.137. The number of nitrogens with zero attached hydrogens (tertiary/aromatic N) is 4. The molecule has 1 unspecified atom stereocenters. The van der Waals surface area contributed by atoms with Crippen molar-refractivity contribution in [1.82, 2.24) is 19.9 Å². The van der Waals surface area contributed by atoms with E-state index < -0.39 is 11.9 Å². The lowest BCUT2D eigenvalue weighted by Crippen LogP contribution is -2.36. The number of aromatic nitrogens is 3. The third-order valence-electron chi connectivity index (χ3n) is 7.14. The Kier molecular flexibility index (Phi) is 7.43. The van der Waals surface area contributed by atoms with Crippen LogP contribution >= 0.6 is 11.6 Å². The number of hydrogen-bond acceptors (Lipinski definition) is 6. The number of methoxy groups -OCH3 is 1. The van der Waals surface area contributed by atoms with Crippen molar-refractivity contribution in [2.24, 2.45) is 7.05 Å². The van der Waals surface area contributed by atoms with E-state index in [9.17, 15) is 14.7 Å². The minimum absolute atomic E-state index is 0.101. The maximum Gasteiger partial charge on any atom is 0.304 e. The Hall–Kier alpha value is -4.11. The second kappa shape index (κ2) is 10.9. The second-order valence-corrected chi connectivity index (χ2v) is 9.90. The molecule has 0 fully saturated rings. The summed E-state index contributed by atoms with van der Waals surface area (Å²) < 4.78 is 12.7. The fraction of sp³-hybridized carbons (Fsp3) is 0.310. The maximum absolute atomic E-state index is 13.4. The number of halogens is 1. The van der Waals surface area contributed by atoms with E-state index in [2.05, 4.69) is 10.3 Å². The van der Waals surface area contributed by atoms with Crippen molar-refractivity contribution in [2.45, 2.75) is 32.2 Å². The first-order valence-corrected chi connectivity index (χ1v) is 13.1. The SMILES string of the molecule is CCOc1ccc(C(=O)N2CCc3c(cccc3C(CC(=O)O)c3cc(OC)c4c(c3)nnn4C)C2)c(Cl)c1. The molecule has 0 bridgehead atoms. The molecular weight excluding hydrogens is 520 g/mol. The number of carbonyl (C=O) groups excluding carboxylic acids is 1. The summed E-state index contributed by atoms with van der Waals surface area (Å²) in [4.78, 5) is 27.2. The summed E-state index contributed by atoms with van der Waals surface area (Å²) in [6.07, 6.45) is 0.488. The Labute approximate surface area is 230 Å². The average Bonchev–Trinajstić information content (AvgIpc) is 3.31. The van der Waals surface area contributed by atoms with Gasteiger partial charge in [-0.1, -0.05) is 35.0 Å². The molecule has 5 rings (SSSR count). The van der Waals surface area contributed by atoms with Gasteiger partial charge in [0.25, 0.3) is 5.91 Å². The van der Waals surface area contributed by atoms with E-state index in [1.165, 1.54) is 0 Å². The van der Waals surface area contributed by atoms with Gasteiger partial charge in [-0.25, -0.2) is 4.68 Å². The number of carboxylic acid groups (broad SMARTS) is 1. The third-order valence-corrected chi connectivity index (χ3v) is 7.45. The zero-order valence-corrected chi connectivity index (χ0v) is 22.7. The predicted octanol–water partition coefficient (Wildman–Crippen LogP) is 4.83. The molecule has 1 aliphatic rings. The summed E-state index contributed by atoms with van der Waals surface area (Å²) in [5.41, 5.74) is 5.55. The topological polar surface area (TPSA) is 107 Å². The number of rotatable bonds is 8. The highest BCUT2D eigenvalue weighted by Gasteiger charge is 2.29. The van der Waals surface area contributed by atoms with Crippen LogP contribution in [0, 0.1) is 0 Å². The number of amides is 1. The molecular formula is C29H29ClN4O5. The Morgan fingerprint density at radius 1 is 1.18 bits per heavy atom. The molecule has 0 saturated carbocycles. The van der Waals surface area contributed by atoms with Gasteiger partial charge in [-0.05, 0) is 65.9 Å². The van der Waals surface area contributed by atoms with E-state index in [1.807, 2.05) is 37.3 Å². The summed E-state index contributed by atoms with van der Waals surface area (Å²) in [7, 11) is 3.36. The van der Waals surface area contributed by atoms with Crippen molar-refractivity contribution in [3.05, 3.63) is 81.4 Å². The molecule has 2 heterocycles. The minimum atomic E-state index is -0.909. The largest absolute Gasteiger partial charge is 0.494 e. The van der Waals surface area contributed by atoms with E-state index >= 15 is 0 Å². The van der Waals surface area contributed by atoms with Crippen LogP contribution in [0.3, 0.4) is 0 Å². The summed E-state index contributed by atoms with van der Waals surface area (Å²) in [6.45, 7) is 3.28. The van der Waals surface area contributed by atoms with Gasteiger partial charge < -0.3 is 19.5 Å². The van der Waals surface area contributed by atoms with E-state index in [0.717, 1.165) is 27.8 Å². The molecule has 39 heavy (non-hydrogen) atoms. The Morgan fingerprint density at radius 3 is 2.72 bits per heavy atom. The fourth-order valence-electron chi connectivity index (χ4n) is 5.35. The van der Waals surface area contributed by atoms with Gasteiger partial charge in [0.05, 0.1) is 30.7 Å². The van der Waals surface area contributed by atoms with Crippen LogP contribution in [0.15, 0.2) is 48.5 Å². The number of aliphatic carboxylic acids is 1. The summed E-state index contributed by atoms with van der Waals surface area (Å²) in [6, 6.07) is 14.7. The zero-order valence-electron chi connectivity index (χ0n) is 22.0. The Balaban J connectivity index is 1.49. The highest BCUT2D eigenvalue weighted by Crippen LogP contribution is 2.38. The molecule has 1 aromatic heterocycles. The van der Waals surface area contributed by atoms with Gasteiger partial charge in [0, 0.05) is 26.1 Å². The molecule has 3 aromatic carbocycles. The van der Waals surface area contributed by atoms with Crippen molar-refractivity contribution in [1.29, 1.82) is 0 Å². The normalized spacial score (nSPS) is 13.7. The van der Waals surface area contributed by atoms with Gasteiger partial charge in [-0.15, -0.1) is 5.10 Å². The number of fused-ring (bicyclic) bond motifs is 2. The lowest BCUT2D eigenvalue weighted by Gasteiger charge is -2.32. The van der Waals surface area contributed by atoms with Gasteiger partial charge in [0.15, 0.2) is 0 Å². The summed E-state index contributed by atoms with van der Waals surface area (Å²) >= 11 is 6.43. The molecule has 1 amide bonds. The number of hydrogen-bond donors (Lipinski definition) is 1. The van der Waals surface area contributed by atoms with Gasteiger partial charge in [0.2, 0.25) is 0 Å². The van der Waals surface area contributed by atoms with Crippen molar-refractivity contribution in [3.63, 3.8) is 0 Å². The van der Waals surface area contributed by atoms with Crippen LogP contribution < -0.4 is 9.47 Å².